The number of likely N-dealkylation sites (tertiary alicyclic amines) is 1. The lowest BCUT2D eigenvalue weighted by atomic mass is 10.0. The molecule has 0 saturated carbocycles. The molecule has 2 rings (SSSR count). The second-order valence-corrected chi connectivity index (χ2v) is 6.84. The molecule has 7 nitrogen and oxygen atoms in total. The number of ether oxygens (including phenoxy) is 3. The fourth-order valence-corrected chi connectivity index (χ4v) is 3.47. The molecule has 158 valence electrons. The maximum atomic E-state index is 5.62. The maximum absolute atomic E-state index is 5.62. The molecular formula is C21H36N4O3. The van der Waals surface area contributed by atoms with Crippen molar-refractivity contribution in [1.82, 2.24) is 15.5 Å². The summed E-state index contributed by atoms with van der Waals surface area (Å²) in [5.74, 6) is 1.76. The smallest absolute Gasteiger partial charge is 0.191 e. The van der Waals surface area contributed by atoms with Gasteiger partial charge in [0.15, 0.2) is 5.96 Å². The quantitative estimate of drug-likeness (QED) is 0.322. The topological polar surface area (TPSA) is 67.4 Å². The molecule has 1 aromatic rings. The van der Waals surface area contributed by atoms with Crippen molar-refractivity contribution in [1.29, 1.82) is 0 Å². The van der Waals surface area contributed by atoms with Crippen LogP contribution in [0.5, 0.6) is 5.75 Å². The van der Waals surface area contributed by atoms with Gasteiger partial charge in [-0.05, 0) is 38.4 Å². The van der Waals surface area contributed by atoms with E-state index in [-0.39, 0.29) is 6.04 Å². The molecule has 0 radical (unpaired) electrons. The van der Waals surface area contributed by atoms with Crippen LogP contribution in [0.1, 0.15) is 30.9 Å². The monoisotopic (exact) mass is 392 g/mol. The summed E-state index contributed by atoms with van der Waals surface area (Å²) in [6.07, 6.45) is 3.43. The van der Waals surface area contributed by atoms with Gasteiger partial charge in [0, 0.05) is 39.4 Å². The SMILES string of the molecule is CN=C(NCCCOCCOC)NCC(c1ccccc1OC)N1CCCC1. The molecule has 0 aliphatic carbocycles. The third kappa shape index (κ3) is 7.30. The van der Waals surface area contributed by atoms with Crippen molar-refractivity contribution in [2.45, 2.75) is 25.3 Å². The van der Waals surface area contributed by atoms with Crippen LogP contribution >= 0.6 is 0 Å². The second-order valence-electron chi connectivity index (χ2n) is 6.84. The van der Waals surface area contributed by atoms with Gasteiger partial charge in [0.2, 0.25) is 0 Å². The van der Waals surface area contributed by atoms with Crippen molar-refractivity contribution >= 4 is 5.96 Å². The summed E-state index contributed by atoms with van der Waals surface area (Å²) < 4.78 is 16.1. The lowest BCUT2D eigenvalue weighted by molar-refractivity contribution is 0.0698. The summed E-state index contributed by atoms with van der Waals surface area (Å²) in [4.78, 5) is 6.88. The van der Waals surface area contributed by atoms with Crippen LogP contribution in [0.2, 0.25) is 0 Å². The summed E-state index contributed by atoms with van der Waals surface area (Å²) >= 11 is 0. The van der Waals surface area contributed by atoms with Crippen LogP contribution in [0.3, 0.4) is 0 Å². The lowest BCUT2D eigenvalue weighted by Gasteiger charge is -2.30. The first kappa shape index (κ1) is 22.5. The van der Waals surface area contributed by atoms with Gasteiger partial charge < -0.3 is 24.8 Å². The van der Waals surface area contributed by atoms with E-state index >= 15 is 0 Å². The number of benzene rings is 1. The van der Waals surface area contributed by atoms with Crippen LogP contribution in [0.15, 0.2) is 29.3 Å². The Labute approximate surface area is 169 Å². The van der Waals surface area contributed by atoms with Crippen LogP contribution in [0.4, 0.5) is 0 Å². The third-order valence-corrected chi connectivity index (χ3v) is 4.96. The minimum absolute atomic E-state index is 0.259. The highest BCUT2D eigenvalue weighted by Gasteiger charge is 2.25. The van der Waals surface area contributed by atoms with E-state index in [2.05, 4.69) is 32.7 Å². The largest absolute Gasteiger partial charge is 0.496 e. The van der Waals surface area contributed by atoms with E-state index in [1.807, 2.05) is 12.1 Å². The molecule has 0 amide bonds. The van der Waals surface area contributed by atoms with E-state index in [0.29, 0.717) is 19.8 Å². The van der Waals surface area contributed by atoms with Gasteiger partial charge in [-0.2, -0.15) is 0 Å². The lowest BCUT2D eigenvalue weighted by Crippen LogP contribution is -2.43. The zero-order valence-corrected chi connectivity index (χ0v) is 17.6. The summed E-state index contributed by atoms with van der Waals surface area (Å²) in [5, 5.41) is 6.85. The third-order valence-electron chi connectivity index (χ3n) is 4.96. The van der Waals surface area contributed by atoms with E-state index in [1.165, 1.54) is 18.4 Å². The fourth-order valence-electron chi connectivity index (χ4n) is 3.47. The second kappa shape index (κ2) is 13.4. The van der Waals surface area contributed by atoms with Crippen molar-refractivity contribution in [3.05, 3.63) is 29.8 Å². The van der Waals surface area contributed by atoms with Crippen LogP contribution < -0.4 is 15.4 Å². The molecule has 28 heavy (non-hydrogen) atoms. The molecule has 7 heteroatoms. The van der Waals surface area contributed by atoms with Gasteiger partial charge >= 0.3 is 0 Å². The molecule has 1 unspecified atom stereocenters. The summed E-state index contributed by atoms with van der Waals surface area (Å²) in [5.41, 5.74) is 1.22. The molecule has 1 atom stereocenters. The molecule has 1 aromatic carbocycles. The highest BCUT2D eigenvalue weighted by Crippen LogP contribution is 2.31. The van der Waals surface area contributed by atoms with Crippen molar-refractivity contribution in [3.8, 4) is 5.75 Å². The predicted octanol–water partition coefficient (Wildman–Crippen LogP) is 2.05. The van der Waals surface area contributed by atoms with E-state index < -0.39 is 0 Å². The van der Waals surface area contributed by atoms with Gasteiger partial charge in [0.1, 0.15) is 5.75 Å². The van der Waals surface area contributed by atoms with Crippen molar-refractivity contribution < 1.29 is 14.2 Å². The molecule has 1 saturated heterocycles. The maximum Gasteiger partial charge on any atom is 0.191 e. The van der Waals surface area contributed by atoms with Crippen molar-refractivity contribution in [3.63, 3.8) is 0 Å². The highest BCUT2D eigenvalue weighted by molar-refractivity contribution is 5.79. The standard InChI is InChI=1S/C21H36N4O3/c1-22-21(23-11-8-14-28-16-15-26-2)24-17-19(25-12-6-7-13-25)18-9-4-5-10-20(18)27-3/h4-5,9-10,19H,6-8,11-17H2,1-3H3,(H2,22,23,24). The summed E-state index contributed by atoms with van der Waals surface area (Å²) in [6, 6.07) is 8.56. The van der Waals surface area contributed by atoms with Gasteiger partial charge in [-0.25, -0.2) is 0 Å². The van der Waals surface area contributed by atoms with Crippen LogP contribution in [0.25, 0.3) is 0 Å². The van der Waals surface area contributed by atoms with E-state index in [4.69, 9.17) is 14.2 Å². The number of para-hydroxylation sites is 1. The number of nitrogens with one attached hydrogen (secondary N) is 2. The van der Waals surface area contributed by atoms with Gasteiger partial charge in [0.25, 0.3) is 0 Å². The van der Waals surface area contributed by atoms with E-state index in [9.17, 15) is 0 Å². The normalized spacial score (nSPS) is 16.2. The highest BCUT2D eigenvalue weighted by atomic mass is 16.5. The Bertz CT molecular complexity index is 577. The van der Waals surface area contributed by atoms with Crippen LogP contribution in [-0.4, -0.2) is 78.1 Å². The Hall–Kier alpha value is -1.83. The fraction of sp³-hybridized carbons (Fsp3) is 0.667. The van der Waals surface area contributed by atoms with Gasteiger partial charge in [0.05, 0.1) is 26.4 Å². The Balaban J connectivity index is 1.85. The number of aliphatic imine (C=N–C) groups is 1. The zero-order valence-electron chi connectivity index (χ0n) is 17.6. The Kier molecular flexibility index (Phi) is 10.7. The number of hydrogen-bond acceptors (Lipinski definition) is 5. The van der Waals surface area contributed by atoms with E-state index in [0.717, 1.165) is 44.3 Å². The average Bonchev–Trinajstić information content (AvgIpc) is 3.26. The summed E-state index contributed by atoms with van der Waals surface area (Å²) in [6.45, 7) is 5.83. The Morgan fingerprint density at radius 3 is 2.61 bits per heavy atom. The van der Waals surface area contributed by atoms with Crippen molar-refractivity contribution in [2.75, 3.05) is 67.3 Å². The van der Waals surface area contributed by atoms with Gasteiger partial charge in [-0.15, -0.1) is 0 Å². The Morgan fingerprint density at radius 2 is 1.89 bits per heavy atom. The average molecular weight is 393 g/mol. The molecule has 1 aliphatic heterocycles. The number of guanidine groups is 1. The first-order chi connectivity index (χ1) is 13.8. The molecule has 0 aromatic heterocycles. The van der Waals surface area contributed by atoms with Crippen molar-refractivity contribution in [2.24, 2.45) is 4.99 Å². The predicted molar refractivity (Wildman–Crippen MR) is 113 cm³/mol. The molecule has 1 fully saturated rings. The van der Waals surface area contributed by atoms with Gasteiger partial charge in [-0.1, -0.05) is 18.2 Å². The van der Waals surface area contributed by atoms with Gasteiger partial charge in [-0.3, -0.25) is 9.89 Å². The number of nitrogens with zero attached hydrogens (tertiary/aromatic N) is 2. The number of methoxy groups -OCH3 is 2. The minimum Gasteiger partial charge on any atom is -0.496 e. The first-order valence-corrected chi connectivity index (χ1v) is 10.2. The molecular weight excluding hydrogens is 356 g/mol. The molecule has 0 bridgehead atoms. The minimum atomic E-state index is 0.259. The Morgan fingerprint density at radius 1 is 1.11 bits per heavy atom. The molecule has 2 N–H and O–H groups in total. The zero-order chi connectivity index (χ0) is 20.0. The number of rotatable bonds is 12. The van der Waals surface area contributed by atoms with Crippen LogP contribution in [0, 0.1) is 0 Å². The summed E-state index contributed by atoms with van der Waals surface area (Å²) in [7, 11) is 5.22. The van der Waals surface area contributed by atoms with Crippen LogP contribution in [-0.2, 0) is 9.47 Å². The molecule has 0 spiro atoms. The first-order valence-electron chi connectivity index (χ1n) is 10.2. The molecule has 1 heterocycles. The van der Waals surface area contributed by atoms with E-state index in [1.54, 1.807) is 21.3 Å². The number of hydrogen-bond donors (Lipinski definition) is 2. The molecule has 1 aliphatic rings.